The summed E-state index contributed by atoms with van der Waals surface area (Å²) >= 11 is 0. The number of nitrogens with zero attached hydrogens (tertiary/aromatic N) is 7. The number of allylic oxidation sites excluding steroid dienone is 1. The quantitative estimate of drug-likeness (QED) is 0.336. The monoisotopic (exact) mass is 409 g/mol. The van der Waals surface area contributed by atoms with E-state index in [-0.39, 0.29) is 0 Å². The number of hydrogen-bond acceptors (Lipinski definition) is 5. The van der Waals surface area contributed by atoms with E-state index in [1.807, 2.05) is 42.8 Å². The van der Waals surface area contributed by atoms with Crippen LogP contribution in [-0.4, -0.2) is 47.8 Å². The van der Waals surface area contributed by atoms with Gasteiger partial charge in [0.2, 0.25) is 0 Å². The van der Waals surface area contributed by atoms with Gasteiger partial charge in [0.15, 0.2) is 11.6 Å². The molecule has 0 amide bonds. The molecule has 0 aliphatic carbocycles. The number of nitrogens with one attached hydrogen (secondary N) is 2. The minimum Gasteiger partial charge on any atom is -0.336 e. The van der Waals surface area contributed by atoms with Crippen LogP contribution in [0.15, 0.2) is 59.2 Å². The highest BCUT2D eigenvalue weighted by Crippen LogP contribution is 2.29. The van der Waals surface area contributed by atoms with Crippen LogP contribution < -0.4 is 0 Å². The number of fused-ring (bicyclic) bond motifs is 2. The molecular weight excluding hydrogens is 390 g/mol. The van der Waals surface area contributed by atoms with Crippen LogP contribution in [0, 0.1) is 6.92 Å². The summed E-state index contributed by atoms with van der Waals surface area (Å²) in [6.07, 6.45) is 8.57. The first-order valence-electron chi connectivity index (χ1n) is 9.63. The Morgan fingerprint density at radius 2 is 2.10 bits per heavy atom. The molecule has 5 aromatic rings. The first-order valence-corrected chi connectivity index (χ1v) is 9.63. The molecule has 4 heterocycles. The van der Waals surface area contributed by atoms with Gasteiger partial charge in [-0.25, -0.2) is 19.9 Å². The summed E-state index contributed by atoms with van der Waals surface area (Å²) in [6.45, 7) is 7.33. The fourth-order valence-electron chi connectivity index (χ4n) is 3.47. The fraction of sp³-hybridized carbons (Fsp3) is 0.0909. The predicted molar refractivity (Wildman–Crippen MR) is 123 cm³/mol. The van der Waals surface area contributed by atoms with Gasteiger partial charge in [-0.1, -0.05) is 6.07 Å². The topological polar surface area (TPSA) is 113 Å². The van der Waals surface area contributed by atoms with E-state index in [1.165, 1.54) is 6.34 Å². The number of imidazole rings is 2. The number of aliphatic imine (C=N–C) groups is 2. The molecule has 0 spiro atoms. The van der Waals surface area contributed by atoms with Crippen molar-refractivity contribution in [3.8, 4) is 17.3 Å². The maximum absolute atomic E-state index is 4.82. The molecule has 0 saturated heterocycles. The van der Waals surface area contributed by atoms with Gasteiger partial charge in [0.1, 0.15) is 23.9 Å². The summed E-state index contributed by atoms with van der Waals surface area (Å²) in [6, 6.07) is 7.99. The zero-order chi connectivity index (χ0) is 21.4. The van der Waals surface area contributed by atoms with E-state index in [1.54, 1.807) is 18.7 Å². The SMILES string of the molecule is C=NC=N/C=C(\C)c1ccc2[nH]nc(-c3nc4c(-n5cnc(C)c5)nccc4[nH]3)c2c1. The van der Waals surface area contributed by atoms with Gasteiger partial charge in [-0.2, -0.15) is 5.10 Å². The molecule has 9 nitrogen and oxygen atoms in total. The van der Waals surface area contributed by atoms with Gasteiger partial charge in [0, 0.05) is 24.0 Å². The first kappa shape index (κ1) is 18.6. The second kappa shape index (κ2) is 7.45. The Kier molecular flexibility index (Phi) is 4.47. The van der Waals surface area contributed by atoms with Crippen LogP contribution in [0.25, 0.3) is 44.8 Å². The van der Waals surface area contributed by atoms with Crippen LogP contribution in [0.2, 0.25) is 0 Å². The summed E-state index contributed by atoms with van der Waals surface area (Å²) in [4.78, 5) is 24.7. The molecule has 9 heteroatoms. The molecular formula is C22H19N9. The number of aryl methyl sites for hydroxylation is 1. The zero-order valence-corrected chi connectivity index (χ0v) is 17.0. The van der Waals surface area contributed by atoms with E-state index in [2.05, 4.69) is 47.9 Å². The van der Waals surface area contributed by atoms with Crippen molar-refractivity contribution < 1.29 is 0 Å². The number of aromatic nitrogens is 7. The molecule has 31 heavy (non-hydrogen) atoms. The predicted octanol–water partition coefficient (Wildman–Crippen LogP) is 4.09. The molecule has 0 radical (unpaired) electrons. The number of pyridine rings is 1. The smallest absolute Gasteiger partial charge is 0.166 e. The van der Waals surface area contributed by atoms with Gasteiger partial charge in [-0.05, 0) is 49.9 Å². The number of rotatable bonds is 5. The molecule has 2 N–H and O–H groups in total. The highest BCUT2D eigenvalue weighted by Gasteiger charge is 2.16. The van der Waals surface area contributed by atoms with Crippen molar-refractivity contribution in [2.75, 3.05) is 0 Å². The van der Waals surface area contributed by atoms with Crippen LogP contribution in [0.1, 0.15) is 18.2 Å². The van der Waals surface area contributed by atoms with Crippen molar-refractivity contribution in [2.45, 2.75) is 13.8 Å². The van der Waals surface area contributed by atoms with Gasteiger partial charge in [0.25, 0.3) is 0 Å². The van der Waals surface area contributed by atoms with Crippen molar-refractivity contribution in [3.05, 3.63) is 60.4 Å². The van der Waals surface area contributed by atoms with E-state index in [0.29, 0.717) is 11.6 Å². The summed E-state index contributed by atoms with van der Waals surface area (Å²) in [5.41, 5.74) is 6.24. The van der Waals surface area contributed by atoms with Gasteiger partial charge >= 0.3 is 0 Å². The average Bonchev–Trinajstić information content (AvgIpc) is 3.50. The largest absolute Gasteiger partial charge is 0.336 e. The number of benzene rings is 1. The van der Waals surface area contributed by atoms with Crippen molar-refractivity contribution >= 4 is 40.6 Å². The summed E-state index contributed by atoms with van der Waals surface area (Å²) < 4.78 is 1.87. The molecule has 1 aromatic carbocycles. The summed E-state index contributed by atoms with van der Waals surface area (Å²) in [5.74, 6) is 1.38. The lowest BCUT2D eigenvalue weighted by atomic mass is 10.1. The Morgan fingerprint density at radius 1 is 1.19 bits per heavy atom. The second-order valence-electron chi connectivity index (χ2n) is 7.13. The Bertz CT molecular complexity index is 1480. The fourth-order valence-corrected chi connectivity index (χ4v) is 3.47. The van der Waals surface area contributed by atoms with Gasteiger partial charge in [0.05, 0.1) is 16.7 Å². The minimum absolute atomic E-state index is 0.667. The van der Waals surface area contributed by atoms with E-state index < -0.39 is 0 Å². The molecule has 152 valence electrons. The van der Waals surface area contributed by atoms with E-state index in [9.17, 15) is 0 Å². The maximum atomic E-state index is 4.82. The zero-order valence-electron chi connectivity index (χ0n) is 17.0. The summed E-state index contributed by atoms with van der Waals surface area (Å²) in [5, 5.41) is 8.56. The molecule has 0 unspecified atom stereocenters. The Labute approximate surface area is 177 Å². The lowest BCUT2D eigenvalue weighted by Gasteiger charge is -2.01. The Balaban J connectivity index is 1.62. The Morgan fingerprint density at radius 3 is 2.90 bits per heavy atom. The molecule has 0 aliphatic rings. The van der Waals surface area contributed by atoms with Gasteiger partial charge < -0.3 is 4.98 Å². The third kappa shape index (κ3) is 3.31. The molecule has 5 rings (SSSR count). The van der Waals surface area contributed by atoms with Crippen molar-refractivity contribution in [1.29, 1.82) is 0 Å². The van der Waals surface area contributed by atoms with E-state index >= 15 is 0 Å². The van der Waals surface area contributed by atoms with Crippen molar-refractivity contribution in [2.24, 2.45) is 9.98 Å². The normalized spacial score (nSPS) is 12.4. The Hall–Kier alpha value is -4.40. The lowest BCUT2D eigenvalue weighted by molar-refractivity contribution is 1.00. The molecule has 0 saturated carbocycles. The average molecular weight is 409 g/mol. The highest BCUT2D eigenvalue weighted by molar-refractivity contribution is 5.95. The summed E-state index contributed by atoms with van der Waals surface area (Å²) in [7, 11) is 0. The standard InChI is InChI=1S/C22H19N9/c1-13(9-24-11-23-3)15-4-5-17-16(8-15)19(30-29-17)21-27-18-6-7-25-22(20(18)28-21)31-10-14(2)26-12-31/h4-12H,3H2,1-2H3,(H,27,28)(H,29,30)/b13-9+,24-11?. The van der Waals surface area contributed by atoms with E-state index in [4.69, 9.17) is 4.98 Å². The van der Waals surface area contributed by atoms with Gasteiger partial charge in [-0.15, -0.1) is 0 Å². The van der Waals surface area contributed by atoms with Crippen LogP contribution in [-0.2, 0) is 0 Å². The van der Waals surface area contributed by atoms with E-state index in [0.717, 1.165) is 44.5 Å². The third-order valence-corrected chi connectivity index (χ3v) is 5.00. The molecule has 0 aliphatic heterocycles. The number of hydrogen-bond donors (Lipinski definition) is 2. The van der Waals surface area contributed by atoms with Gasteiger partial charge in [-0.3, -0.25) is 14.7 Å². The lowest BCUT2D eigenvalue weighted by Crippen LogP contribution is -1.95. The van der Waals surface area contributed by atoms with Crippen molar-refractivity contribution in [3.63, 3.8) is 0 Å². The maximum Gasteiger partial charge on any atom is 0.166 e. The minimum atomic E-state index is 0.667. The second-order valence-corrected chi connectivity index (χ2v) is 7.13. The molecule has 0 atom stereocenters. The number of aromatic amines is 2. The van der Waals surface area contributed by atoms with Crippen LogP contribution >= 0.6 is 0 Å². The molecule has 4 aromatic heterocycles. The van der Waals surface area contributed by atoms with Crippen LogP contribution in [0.5, 0.6) is 0 Å². The molecule has 0 bridgehead atoms. The van der Waals surface area contributed by atoms with Crippen LogP contribution in [0.4, 0.5) is 0 Å². The highest BCUT2D eigenvalue weighted by atomic mass is 15.2. The molecule has 0 fully saturated rings. The first-order chi connectivity index (χ1) is 15.1. The van der Waals surface area contributed by atoms with Crippen LogP contribution in [0.3, 0.4) is 0 Å². The van der Waals surface area contributed by atoms with Crippen molar-refractivity contribution in [1.82, 2.24) is 34.7 Å². The third-order valence-electron chi connectivity index (χ3n) is 5.00. The number of H-pyrrole nitrogens is 2.